The van der Waals surface area contributed by atoms with Gasteiger partial charge in [-0.1, -0.05) is 32.9 Å². The number of hydrogen-bond donors (Lipinski definition) is 1. The number of nitro groups is 1. The minimum atomic E-state index is -0.383. The summed E-state index contributed by atoms with van der Waals surface area (Å²) >= 11 is 0. The number of nitrogens with one attached hydrogen (secondary N) is 1. The number of benzene rings is 1. The quantitative estimate of drug-likeness (QED) is 0.629. The molecule has 1 aromatic rings. The van der Waals surface area contributed by atoms with Crippen LogP contribution >= 0.6 is 0 Å². The number of nitro benzene ring substituents is 1. The fraction of sp³-hybridized carbons (Fsp3) is 0.500. The Bertz CT molecular complexity index is 352. The van der Waals surface area contributed by atoms with Crippen molar-refractivity contribution in [1.82, 2.24) is 5.32 Å². The largest absolute Gasteiger partial charge is 0.312 e. The highest BCUT2D eigenvalue weighted by atomic mass is 16.6. The van der Waals surface area contributed by atoms with Gasteiger partial charge in [-0.2, -0.15) is 0 Å². The highest BCUT2D eigenvalue weighted by Gasteiger charge is 2.09. The Morgan fingerprint density at radius 3 is 2.25 bits per heavy atom. The summed E-state index contributed by atoms with van der Waals surface area (Å²) in [6.07, 6.45) is 0. The van der Waals surface area contributed by atoms with Crippen LogP contribution in [0.4, 0.5) is 5.69 Å². The Morgan fingerprint density at radius 1 is 1.25 bits per heavy atom. The molecule has 1 N–H and O–H groups in total. The minimum absolute atomic E-state index is 0.138. The van der Waals surface area contributed by atoms with Crippen LogP contribution in [0.15, 0.2) is 24.3 Å². The van der Waals surface area contributed by atoms with E-state index in [-0.39, 0.29) is 16.0 Å². The predicted molar refractivity (Wildman–Crippen MR) is 64.3 cm³/mol. The third kappa shape index (κ3) is 4.40. The summed E-state index contributed by atoms with van der Waals surface area (Å²) in [5, 5.41) is 13.8. The van der Waals surface area contributed by atoms with Gasteiger partial charge in [-0.25, -0.2) is 0 Å². The van der Waals surface area contributed by atoms with Gasteiger partial charge in [0.05, 0.1) is 4.92 Å². The summed E-state index contributed by atoms with van der Waals surface area (Å²) in [6, 6.07) is 6.64. The van der Waals surface area contributed by atoms with Gasteiger partial charge in [0, 0.05) is 25.2 Å². The summed E-state index contributed by atoms with van der Waals surface area (Å²) in [5.41, 5.74) is 1.45. The molecule has 0 unspecified atom stereocenters. The van der Waals surface area contributed by atoms with Gasteiger partial charge in [0.2, 0.25) is 0 Å². The molecule has 0 saturated carbocycles. The van der Waals surface area contributed by atoms with E-state index in [0.29, 0.717) is 0 Å². The van der Waals surface area contributed by atoms with E-state index >= 15 is 0 Å². The molecule has 0 saturated heterocycles. The number of rotatable bonds is 4. The summed E-state index contributed by atoms with van der Waals surface area (Å²) in [5.74, 6) is 0. The van der Waals surface area contributed by atoms with E-state index < -0.39 is 0 Å². The molecule has 4 nitrogen and oxygen atoms in total. The molecule has 1 aromatic carbocycles. The van der Waals surface area contributed by atoms with Gasteiger partial charge in [-0.3, -0.25) is 10.1 Å². The van der Waals surface area contributed by atoms with Gasteiger partial charge in [0.25, 0.3) is 5.69 Å². The van der Waals surface area contributed by atoms with Crippen molar-refractivity contribution in [1.29, 1.82) is 0 Å². The van der Waals surface area contributed by atoms with Crippen molar-refractivity contribution in [2.75, 3.05) is 6.54 Å². The van der Waals surface area contributed by atoms with Crippen LogP contribution in [-0.4, -0.2) is 11.5 Å². The van der Waals surface area contributed by atoms with Crippen LogP contribution in [0.5, 0.6) is 0 Å². The highest BCUT2D eigenvalue weighted by Crippen LogP contribution is 2.13. The van der Waals surface area contributed by atoms with Crippen molar-refractivity contribution in [3.8, 4) is 0 Å². The second-order valence-corrected chi connectivity index (χ2v) is 5.09. The Balaban J connectivity index is 2.47. The fourth-order valence-corrected chi connectivity index (χ4v) is 1.32. The van der Waals surface area contributed by atoms with Gasteiger partial charge in [0.15, 0.2) is 0 Å². The van der Waals surface area contributed by atoms with Gasteiger partial charge >= 0.3 is 0 Å². The van der Waals surface area contributed by atoms with Gasteiger partial charge < -0.3 is 5.32 Å². The zero-order valence-electron chi connectivity index (χ0n) is 9.99. The van der Waals surface area contributed by atoms with E-state index in [1.165, 1.54) is 12.1 Å². The maximum Gasteiger partial charge on any atom is 0.269 e. The summed E-state index contributed by atoms with van der Waals surface area (Å²) < 4.78 is 0. The minimum Gasteiger partial charge on any atom is -0.312 e. The molecule has 0 amide bonds. The van der Waals surface area contributed by atoms with Crippen LogP contribution in [0.2, 0.25) is 0 Å². The maximum absolute atomic E-state index is 10.4. The van der Waals surface area contributed by atoms with Crippen LogP contribution in [0.3, 0.4) is 0 Å². The Morgan fingerprint density at radius 2 is 1.81 bits per heavy atom. The molecule has 0 aliphatic carbocycles. The molecule has 0 aliphatic heterocycles. The summed E-state index contributed by atoms with van der Waals surface area (Å²) in [6.45, 7) is 8.15. The van der Waals surface area contributed by atoms with E-state index in [2.05, 4.69) is 26.1 Å². The van der Waals surface area contributed by atoms with E-state index in [1.54, 1.807) is 12.1 Å². The first kappa shape index (κ1) is 12.6. The summed E-state index contributed by atoms with van der Waals surface area (Å²) in [7, 11) is 0. The molecule has 1 rings (SSSR count). The first-order valence-electron chi connectivity index (χ1n) is 5.32. The molecular weight excluding hydrogens is 204 g/mol. The Labute approximate surface area is 95.8 Å². The van der Waals surface area contributed by atoms with E-state index in [0.717, 1.165) is 18.7 Å². The average molecular weight is 222 g/mol. The normalized spacial score (nSPS) is 11.4. The SMILES string of the molecule is CC(C)(C)CNCc1ccc([N+](=O)[O-])cc1. The van der Waals surface area contributed by atoms with Gasteiger partial charge in [0.1, 0.15) is 0 Å². The van der Waals surface area contributed by atoms with E-state index in [1.807, 2.05) is 0 Å². The van der Waals surface area contributed by atoms with E-state index in [4.69, 9.17) is 0 Å². The van der Waals surface area contributed by atoms with Crippen LogP contribution in [0.25, 0.3) is 0 Å². The average Bonchev–Trinajstić information content (AvgIpc) is 2.16. The molecule has 0 radical (unpaired) electrons. The monoisotopic (exact) mass is 222 g/mol. The molecule has 0 aliphatic rings. The van der Waals surface area contributed by atoms with Crippen LogP contribution < -0.4 is 5.32 Å². The second kappa shape index (κ2) is 5.07. The zero-order chi connectivity index (χ0) is 12.2. The number of hydrogen-bond acceptors (Lipinski definition) is 3. The lowest BCUT2D eigenvalue weighted by Gasteiger charge is -2.18. The third-order valence-corrected chi connectivity index (χ3v) is 2.13. The molecule has 88 valence electrons. The van der Waals surface area contributed by atoms with Crippen LogP contribution in [-0.2, 0) is 6.54 Å². The second-order valence-electron chi connectivity index (χ2n) is 5.09. The van der Waals surface area contributed by atoms with Crippen molar-refractivity contribution in [2.24, 2.45) is 5.41 Å². The number of non-ortho nitro benzene ring substituents is 1. The van der Waals surface area contributed by atoms with Crippen LogP contribution in [0.1, 0.15) is 26.3 Å². The lowest BCUT2D eigenvalue weighted by Crippen LogP contribution is -2.26. The summed E-state index contributed by atoms with van der Waals surface area (Å²) in [4.78, 5) is 10.1. The number of nitrogens with zero attached hydrogens (tertiary/aromatic N) is 1. The lowest BCUT2D eigenvalue weighted by molar-refractivity contribution is -0.384. The smallest absolute Gasteiger partial charge is 0.269 e. The zero-order valence-corrected chi connectivity index (χ0v) is 9.99. The van der Waals surface area contributed by atoms with E-state index in [9.17, 15) is 10.1 Å². The molecule has 0 heterocycles. The Hall–Kier alpha value is -1.42. The molecule has 4 heteroatoms. The van der Waals surface area contributed by atoms with Crippen molar-refractivity contribution in [3.63, 3.8) is 0 Å². The fourth-order valence-electron chi connectivity index (χ4n) is 1.32. The van der Waals surface area contributed by atoms with Gasteiger partial charge in [-0.05, 0) is 11.0 Å². The van der Waals surface area contributed by atoms with Crippen LogP contribution in [0, 0.1) is 15.5 Å². The first-order chi connectivity index (χ1) is 7.38. The van der Waals surface area contributed by atoms with Crippen molar-refractivity contribution in [2.45, 2.75) is 27.3 Å². The maximum atomic E-state index is 10.4. The standard InChI is InChI=1S/C12H18N2O2/c1-12(2,3)9-13-8-10-4-6-11(7-5-10)14(15)16/h4-7,13H,8-9H2,1-3H3. The van der Waals surface area contributed by atoms with Crippen molar-refractivity contribution >= 4 is 5.69 Å². The molecule has 0 fully saturated rings. The Kier molecular flexibility index (Phi) is 4.01. The van der Waals surface area contributed by atoms with Crippen molar-refractivity contribution < 1.29 is 4.92 Å². The molecule has 16 heavy (non-hydrogen) atoms. The molecule has 0 spiro atoms. The molecule has 0 atom stereocenters. The van der Waals surface area contributed by atoms with Crippen molar-refractivity contribution in [3.05, 3.63) is 39.9 Å². The third-order valence-electron chi connectivity index (χ3n) is 2.13. The first-order valence-corrected chi connectivity index (χ1v) is 5.32. The molecule has 0 aromatic heterocycles. The molecule has 0 bridgehead atoms. The predicted octanol–water partition coefficient (Wildman–Crippen LogP) is 2.73. The lowest BCUT2D eigenvalue weighted by atomic mass is 9.97. The highest BCUT2D eigenvalue weighted by molar-refractivity contribution is 5.32. The van der Waals surface area contributed by atoms with Gasteiger partial charge in [-0.15, -0.1) is 0 Å². The molecular formula is C12H18N2O2. The topological polar surface area (TPSA) is 55.2 Å².